The van der Waals surface area contributed by atoms with Gasteiger partial charge >= 0.3 is 6.03 Å². The van der Waals surface area contributed by atoms with Crippen molar-refractivity contribution in [2.75, 3.05) is 13.1 Å². The number of urea groups is 1. The lowest BCUT2D eigenvalue weighted by Crippen LogP contribution is -2.55. The molecule has 1 saturated heterocycles. The van der Waals surface area contributed by atoms with E-state index in [0.29, 0.717) is 24.4 Å². The Bertz CT molecular complexity index is 634. The van der Waals surface area contributed by atoms with Gasteiger partial charge in [-0.3, -0.25) is 4.79 Å². The highest BCUT2D eigenvalue weighted by Gasteiger charge is 2.39. The maximum absolute atomic E-state index is 12.9. The van der Waals surface area contributed by atoms with Gasteiger partial charge < -0.3 is 15.5 Å². The topological polar surface area (TPSA) is 61.4 Å². The summed E-state index contributed by atoms with van der Waals surface area (Å²) in [5.74, 6) is 0.983. The number of nitrogens with one attached hydrogen (secondary N) is 2. The Hall–Kier alpha value is -2.11. The van der Waals surface area contributed by atoms with Crippen LogP contribution in [0.25, 0.3) is 0 Å². The number of halogens is 1. The van der Waals surface area contributed by atoms with Crippen LogP contribution in [0.4, 0.5) is 9.18 Å². The van der Waals surface area contributed by atoms with Gasteiger partial charge in [-0.1, -0.05) is 31.9 Å². The molecule has 1 aliphatic carbocycles. The summed E-state index contributed by atoms with van der Waals surface area (Å²) in [6, 6.07) is 5.92. The molecule has 1 aliphatic heterocycles. The average Bonchev–Trinajstić information content (AvgIpc) is 2.66. The normalized spacial score (nSPS) is 25.3. The van der Waals surface area contributed by atoms with Gasteiger partial charge in [0.15, 0.2) is 0 Å². The summed E-state index contributed by atoms with van der Waals surface area (Å²) in [4.78, 5) is 26.5. The zero-order valence-corrected chi connectivity index (χ0v) is 15.3. The second-order valence-corrected chi connectivity index (χ2v) is 7.53. The number of benzene rings is 1. The van der Waals surface area contributed by atoms with Gasteiger partial charge in [0.25, 0.3) is 0 Å². The third kappa shape index (κ3) is 4.54. The van der Waals surface area contributed by atoms with E-state index in [2.05, 4.69) is 17.6 Å². The van der Waals surface area contributed by atoms with Crippen molar-refractivity contribution in [1.82, 2.24) is 15.5 Å². The Kier molecular flexibility index (Phi) is 6.12. The van der Waals surface area contributed by atoms with Gasteiger partial charge in [0.05, 0.1) is 6.54 Å². The molecule has 1 saturated carbocycles. The molecule has 3 atom stereocenters. The zero-order valence-electron chi connectivity index (χ0n) is 15.3. The van der Waals surface area contributed by atoms with Crippen LogP contribution in [0.1, 0.15) is 44.6 Å². The molecular formula is C20H28FN3O2. The Morgan fingerprint density at radius 3 is 2.62 bits per heavy atom. The highest BCUT2D eigenvalue weighted by Crippen LogP contribution is 2.38. The van der Waals surface area contributed by atoms with Gasteiger partial charge in [-0.2, -0.15) is 0 Å². The van der Waals surface area contributed by atoms with E-state index < -0.39 is 0 Å². The standard InChI is InChI=1S/C20H28FN3O2/c1-14-10-11-24(18-5-3-2-4-17(14)18)19(25)13-23-20(26)22-12-15-6-8-16(21)9-7-15/h6-9,14,17-18H,2-5,10-13H2,1H3,(H2,22,23,26). The van der Waals surface area contributed by atoms with Gasteiger partial charge in [0.2, 0.25) is 5.91 Å². The van der Waals surface area contributed by atoms with E-state index in [1.165, 1.54) is 31.4 Å². The predicted molar refractivity (Wildman–Crippen MR) is 97.9 cm³/mol. The molecule has 26 heavy (non-hydrogen) atoms. The molecule has 3 amide bonds. The van der Waals surface area contributed by atoms with Gasteiger partial charge in [0, 0.05) is 19.1 Å². The highest BCUT2D eigenvalue weighted by molar-refractivity contribution is 5.84. The Morgan fingerprint density at radius 1 is 1.12 bits per heavy atom. The zero-order chi connectivity index (χ0) is 18.5. The van der Waals surface area contributed by atoms with Gasteiger partial charge in [-0.25, -0.2) is 9.18 Å². The van der Waals surface area contributed by atoms with E-state index in [0.717, 1.165) is 24.9 Å². The van der Waals surface area contributed by atoms with Crippen molar-refractivity contribution in [2.24, 2.45) is 11.8 Å². The highest BCUT2D eigenvalue weighted by atomic mass is 19.1. The number of rotatable bonds is 4. The first kappa shape index (κ1) is 18.7. The van der Waals surface area contributed by atoms with Crippen LogP contribution in [0.2, 0.25) is 0 Å². The summed E-state index contributed by atoms with van der Waals surface area (Å²) in [6.07, 6.45) is 5.78. The molecule has 3 unspecified atom stereocenters. The fraction of sp³-hybridized carbons (Fsp3) is 0.600. The number of fused-ring (bicyclic) bond motifs is 1. The molecule has 0 aromatic heterocycles. The number of amides is 3. The molecule has 2 N–H and O–H groups in total. The number of likely N-dealkylation sites (tertiary alicyclic amines) is 1. The summed E-state index contributed by atoms with van der Waals surface area (Å²) in [6.45, 7) is 3.41. The van der Waals surface area contributed by atoms with Crippen LogP contribution in [0.5, 0.6) is 0 Å². The van der Waals surface area contributed by atoms with E-state index in [1.807, 2.05) is 4.90 Å². The number of carbonyl (C=O) groups excluding carboxylic acids is 2. The second kappa shape index (κ2) is 8.52. The quantitative estimate of drug-likeness (QED) is 0.866. The lowest BCUT2D eigenvalue weighted by Gasteiger charge is -2.47. The van der Waals surface area contributed by atoms with Gasteiger partial charge in [0.1, 0.15) is 5.82 Å². The minimum atomic E-state index is -0.381. The van der Waals surface area contributed by atoms with Gasteiger partial charge in [-0.05, 0) is 48.8 Å². The molecule has 0 spiro atoms. The Balaban J connectivity index is 1.45. The first-order chi connectivity index (χ1) is 12.5. The van der Waals surface area contributed by atoms with E-state index >= 15 is 0 Å². The summed E-state index contributed by atoms with van der Waals surface area (Å²) < 4.78 is 12.9. The predicted octanol–water partition coefficient (Wildman–Crippen LogP) is 3.05. The van der Waals surface area contributed by atoms with Crippen molar-refractivity contribution in [3.05, 3.63) is 35.6 Å². The van der Waals surface area contributed by atoms with E-state index in [1.54, 1.807) is 12.1 Å². The van der Waals surface area contributed by atoms with Crippen LogP contribution < -0.4 is 10.6 Å². The molecule has 2 aliphatic rings. The average molecular weight is 361 g/mol. The minimum Gasteiger partial charge on any atom is -0.338 e. The fourth-order valence-corrected chi connectivity index (χ4v) is 4.33. The second-order valence-electron chi connectivity index (χ2n) is 7.53. The van der Waals surface area contributed by atoms with Crippen molar-refractivity contribution < 1.29 is 14.0 Å². The van der Waals surface area contributed by atoms with Crippen LogP contribution >= 0.6 is 0 Å². The number of nitrogens with zero attached hydrogens (tertiary/aromatic N) is 1. The van der Waals surface area contributed by atoms with E-state index in [9.17, 15) is 14.0 Å². The smallest absolute Gasteiger partial charge is 0.315 e. The van der Waals surface area contributed by atoms with Crippen LogP contribution in [0.15, 0.2) is 24.3 Å². The molecule has 5 nitrogen and oxygen atoms in total. The molecule has 0 bridgehead atoms. The van der Waals surface area contributed by atoms with E-state index in [-0.39, 0.29) is 24.3 Å². The molecule has 0 radical (unpaired) electrons. The monoisotopic (exact) mass is 361 g/mol. The van der Waals surface area contributed by atoms with Crippen LogP contribution in [-0.4, -0.2) is 36.0 Å². The molecule has 2 fully saturated rings. The number of hydrogen-bond acceptors (Lipinski definition) is 2. The number of hydrogen-bond donors (Lipinski definition) is 2. The lowest BCUT2D eigenvalue weighted by atomic mass is 9.72. The summed E-state index contributed by atoms with van der Waals surface area (Å²) in [5, 5.41) is 5.35. The molecule has 6 heteroatoms. The summed E-state index contributed by atoms with van der Waals surface area (Å²) in [7, 11) is 0. The molecule has 1 aromatic carbocycles. The van der Waals surface area contributed by atoms with Crippen molar-refractivity contribution >= 4 is 11.9 Å². The number of piperidine rings is 1. The lowest BCUT2D eigenvalue weighted by molar-refractivity contribution is -0.137. The largest absolute Gasteiger partial charge is 0.338 e. The summed E-state index contributed by atoms with van der Waals surface area (Å²) >= 11 is 0. The Morgan fingerprint density at radius 2 is 1.85 bits per heavy atom. The van der Waals surface area contributed by atoms with Crippen LogP contribution in [-0.2, 0) is 11.3 Å². The van der Waals surface area contributed by atoms with Crippen LogP contribution in [0, 0.1) is 17.7 Å². The van der Waals surface area contributed by atoms with Crippen molar-refractivity contribution in [2.45, 2.75) is 51.6 Å². The van der Waals surface area contributed by atoms with Gasteiger partial charge in [-0.15, -0.1) is 0 Å². The molecule has 3 rings (SSSR count). The maximum atomic E-state index is 12.9. The van der Waals surface area contributed by atoms with E-state index in [4.69, 9.17) is 0 Å². The summed E-state index contributed by atoms with van der Waals surface area (Å²) in [5.41, 5.74) is 0.808. The SMILES string of the molecule is CC1CCN(C(=O)CNC(=O)NCc2ccc(F)cc2)C2CCCCC12. The van der Waals surface area contributed by atoms with Crippen molar-refractivity contribution in [3.63, 3.8) is 0 Å². The Labute approximate surface area is 154 Å². The molecular weight excluding hydrogens is 333 g/mol. The molecule has 1 heterocycles. The van der Waals surface area contributed by atoms with Crippen molar-refractivity contribution in [3.8, 4) is 0 Å². The molecule has 142 valence electrons. The number of carbonyl (C=O) groups is 2. The molecule has 1 aromatic rings. The third-order valence-corrected chi connectivity index (χ3v) is 5.82. The van der Waals surface area contributed by atoms with Crippen molar-refractivity contribution in [1.29, 1.82) is 0 Å². The first-order valence-corrected chi connectivity index (χ1v) is 9.60. The fourth-order valence-electron chi connectivity index (χ4n) is 4.33. The van der Waals surface area contributed by atoms with Crippen LogP contribution in [0.3, 0.4) is 0 Å². The third-order valence-electron chi connectivity index (χ3n) is 5.82. The first-order valence-electron chi connectivity index (χ1n) is 9.60. The minimum absolute atomic E-state index is 0.00531. The maximum Gasteiger partial charge on any atom is 0.315 e.